The van der Waals surface area contributed by atoms with Gasteiger partial charge in [-0.25, -0.2) is 13.1 Å². The van der Waals surface area contributed by atoms with Gasteiger partial charge in [0.1, 0.15) is 11.5 Å². The Morgan fingerprint density at radius 2 is 1.79 bits per heavy atom. The van der Waals surface area contributed by atoms with Gasteiger partial charge in [0.25, 0.3) is 5.91 Å². The molecule has 0 aliphatic heterocycles. The van der Waals surface area contributed by atoms with Crippen LogP contribution in [0.25, 0.3) is 0 Å². The van der Waals surface area contributed by atoms with Gasteiger partial charge in [-0.1, -0.05) is 25.1 Å². The molecule has 158 valence electrons. The van der Waals surface area contributed by atoms with E-state index in [1.165, 1.54) is 25.3 Å². The van der Waals surface area contributed by atoms with Crippen LogP contribution in [0, 0.1) is 6.92 Å². The summed E-state index contributed by atoms with van der Waals surface area (Å²) in [6.45, 7) is 7.21. The minimum absolute atomic E-state index is 0.0372. The Bertz CT molecular complexity index is 957. The number of rotatable bonds is 9. The third-order valence-electron chi connectivity index (χ3n) is 4.16. The largest absolute Gasteiger partial charge is 0.495 e. The standard InChI is InChI=1S/C21H28N2O5S/c1-6-18(28-19-10-8-7-9-15(19)4)21(24)22-17-13-16(11-12-20(17)27-5)29(25,26)23-14(2)3/h7-14,18,23H,6H2,1-5H3,(H,22,24)/t18-/m0/s1. The van der Waals surface area contributed by atoms with E-state index in [0.29, 0.717) is 17.9 Å². The summed E-state index contributed by atoms with van der Waals surface area (Å²) in [5, 5.41) is 2.74. The molecule has 1 amide bonds. The summed E-state index contributed by atoms with van der Waals surface area (Å²) >= 11 is 0. The first-order valence-electron chi connectivity index (χ1n) is 9.41. The number of amides is 1. The lowest BCUT2D eigenvalue weighted by Gasteiger charge is -2.20. The molecule has 0 heterocycles. The quantitative estimate of drug-likeness (QED) is 0.648. The number of methoxy groups -OCH3 is 1. The summed E-state index contributed by atoms with van der Waals surface area (Å²) in [6, 6.07) is 11.5. The van der Waals surface area contributed by atoms with Crippen molar-refractivity contribution in [2.75, 3.05) is 12.4 Å². The molecule has 2 N–H and O–H groups in total. The van der Waals surface area contributed by atoms with Crippen LogP contribution in [0.3, 0.4) is 0 Å². The maximum atomic E-state index is 12.8. The Morgan fingerprint density at radius 1 is 1.10 bits per heavy atom. The van der Waals surface area contributed by atoms with E-state index in [2.05, 4.69) is 10.0 Å². The molecule has 0 saturated carbocycles. The number of hydrogen-bond acceptors (Lipinski definition) is 5. The van der Waals surface area contributed by atoms with Gasteiger partial charge in [-0.2, -0.15) is 0 Å². The molecule has 0 aliphatic rings. The highest BCUT2D eigenvalue weighted by Gasteiger charge is 2.23. The van der Waals surface area contributed by atoms with Crippen LogP contribution in [0.15, 0.2) is 47.4 Å². The van der Waals surface area contributed by atoms with Crippen molar-refractivity contribution < 1.29 is 22.7 Å². The summed E-state index contributed by atoms with van der Waals surface area (Å²) in [5.41, 5.74) is 1.18. The summed E-state index contributed by atoms with van der Waals surface area (Å²) in [5.74, 6) is 0.590. The first-order chi connectivity index (χ1) is 13.7. The van der Waals surface area contributed by atoms with E-state index >= 15 is 0 Å². The molecule has 29 heavy (non-hydrogen) atoms. The third kappa shape index (κ3) is 5.95. The van der Waals surface area contributed by atoms with E-state index in [4.69, 9.17) is 9.47 Å². The van der Waals surface area contributed by atoms with Crippen LogP contribution < -0.4 is 19.5 Å². The van der Waals surface area contributed by atoms with E-state index in [1.807, 2.05) is 32.0 Å². The number of anilines is 1. The molecule has 0 spiro atoms. The van der Waals surface area contributed by atoms with Crippen LogP contribution in [0.5, 0.6) is 11.5 Å². The van der Waals surface area contributed by atoms with Crippen LogP contribution in [-0.2, 0) is 14.8 Å². The lowest BCUT2D eigenvalue weighted by atomic mass is 10.2. The lowest BCUT2D eigenvalue weighted by molar-refractivity contribution is -0.122. The van der Waals surface area contributed by atoms with Crippen LogP contribution in [0.2, 0.25) is 0 Å². The average molecular weight is 421 g/mol. The highest BCUT2D eigenvalue weighted by Crippen LogP contribution is 2.28. The van der Waals surface area contributed by atoms with E-state index in [1.54, 1.807) is 19.9 Å². The fourth-order valence-corrected chi connectivity index (χ4v) is 3.98. The molecule has 1 atom stereocenters. The van der Waals surface area contributed by atoms with Gasteiger partial charge in [0, 0.05) is 6.04 Å². The number of aryl methyl sites for hydroxylation is 1. The first-order valence-corrected chi connectivity index (χ1v) is 10.9. The van der Waals surface area contributed by atoms with E-state index in [9.17, 15) is 13.2 Å². The van der Waals surface area contributed by atoms with E-state index in [0.717, 1.165) is 5.56 Å². The number of sulfonamides is 1. The molecule has 0 aromatic heterocycles. The van der Waals surface area contributed by atoms with Gasteiger partial charge in [-0.15, -0.1) is 0 Å². The Morgan fingerprint density at radius 3 is 2.38 bits per heavy atom. The summed E-state index contributed by atoms with van der Waals surface area (Å²) in [7, 11) is -2.26. The fourth-order valence-electron chi connectivity index (χ4n) is 2.71. The Balaban J connectivity index is 2.27. The number of ether oxygens (including phenoxy) is 2. The Hall–Kier alpha value is -2.58. The Labute approximate surface area is 172 Å². The van der Waals surface area contributed by atoms with Gasteiger partial charge in [0.05, 0.1) is 17.7 Å². The van der Waals surface area contributed by atoms with E-state index < -0.39 is 16.1 Å². The molecule has 0 radical (unpaired) electrons. The van der Waals surface area contributed by atoms with Crippen molar-refractivity contribution in [1.82, 2.24) is 4.72 Å². The van der Waals surface area contributed by atoms with Crippen molar-refractivity contribution >= 4 is 21.6 Å². The van der Waals surface area contributed by atoms with Gasteiger partial charge in [0.15, 0.2) is 6.10 Å². The zero-order valence-electron chi connectivity index (χ0n) is 17.4. The zero-order valence-corrected chi connectivity index (χ0v) is 18.2. The molecule has 0 aliphatic carbocycles. The molecule has 7 nitrogen and oxygen atoms in total. The number of para-hydroxylation sites is 1. The van der Waals surface area contributed by atoms with Gasteiger partial charge >= 0.3 is 0 Å². The smallest absolute Gasteiger partial charge is 0.265 e. The second kappa shape index (κ2) is 9.76. The second-order valence-corrected chi connectivity index (χ2v) is 8.62. The lowest BCUT2D eigenvalue weighted by Crippen LogP contribution is -2.33. The predicted molar refractivity (Wildman–Crippen MR) is 113 cm³/mol. The molecule has 0 saturated heterocycles. The molecule has 2 aromatic rings. The summed E-state index contributed by atoms with van der Waals surface area (Å²) in [6.07, 6.45) is -0.301. The van der Waals surface area contributed by atoms with Gasteiger partial charge in [0.2, 0.25) is 10.0 Å². The molecular formula is C21H28N2O5S. The zero-order chi connectivity index (χ0) is 21.6. The monoisotopic (exact) mass is 420 g/mol. The fraction of sp³-hybridized carbons (Fsp3) is 0.381. The maximum absolute atomic E-state index is 12.8. The second-order valence-electron chi connectivity index (χ2n) is 6.91. The third-order valence-corrected chi connectivity index (χ3v) is 5.81. The number of hydrogen-bond donors (Lipinski definition) is 2. The van der Waals surface area contributed by atoms with Crippen molar-refractivity contribution in [3.63, 3.8) is 0 Å². The van der Waals surface area contributed by atoms with Gasteiger partial charge in [-0.05, 0) is 57.0 Å². The van der Waals surface area contributed by atoms with Crippen LogP contribution in [0.1, 0.15) is 32.8 Å². The normalized spacial score (nSPS) is 12.5. The van der Waals surface area contributed by atoms with Crippen LogP contribution in [-0.4, -0.2) is 33.6 Å². The Kier molecular flexibility index (Phi) is 7.64. The van der Waals surface area contributed by atoms with Gasteiger partial charge in [-0.3, -0.25) is 4.79 Å². The summed E-state index contributed by atoms with van der Waals surface area (Å²) in [4.78, 5) is 12.8. The highest BCUT2D eigenvalue weighted by molar-refractivity contribution is 7.89. The highest BCUT2D eigenvalue weighted by atomic mass is 32.2. The van der Waals surface area contributed by atoms with Crippen LogP contribution >= 0.6 is 0 Å². The molecule has 0 bridgehead atoms. The molecule has 2 rings (SSSR count). The van der Waals surface area contributed by atoms with Crippen molar-refractivity contribution in [2.45, 2.75) is 51.2 Å². The molecule has 2 aromatic carbocycles. The van der Waals surface area contributed by atoms with Gasteiger partial charge < -0.3 is 14.8 Å². The number of benzene rings is 2. The minimum atomic E-state index is -3.71. The van der Waals surface area contributed by atoms with Crippen molar-refractivity contribution in [3.05, 3.63) is 48.0 Å². The number of nitrogens with one attached hydrogen (secondary N) is 2. The summed E-state index contributed by atoms with van der Waals surface area (Å²) < 4.78 is 38.6. The van der Waals surface area contributed by atoms with Crippen molar-refractivity contribution in [3.8, 4) is 11.5 Å². The first kappa shape index (κ1) is 22.7. The minimum Gasteiger partial charge on any atom is -0.495 e. The predicted octanol–water partition coefficient (Wildman–Crippen LogP) is 3.49. The number of carbonyl (C=O) groups is 1. The van der Waals surface area contributed by atoms with E-state index in [-0.39, 0.29) is 22.5 Å². The molecule has 0 fully saturated rings. The molecule has 0 unspecified atom stereocenters. The van der Waals surface area contributed by atoms with Crippen LogP contribution in [0.4, 0.5) is 5.69 Å². The maximum Gasteiger partial charge on any atom is 0.265 e. The average Bonchev–Trinajstić information content (AvgIpc) is 2.66. The topological polar surface area (TPSA) is 93.7 Å². The van der Waals surface area contributed by atoms with Crippen molar-refractivity contribution in [1.29, 1.82) is 0 Å². The van der Waals surface area contributed by atoms with Crippen molar-refractivity contribution in [2.24, 2.45) is 0 Å². The molecule has 8 heteroatoms. The number of carbonyl (C=O) groups excluding carboxylic acids is 1. The molecular weight excluding hydrogens is 392 g/mol. The SMILES string of the molecule is CC[C@H](Oc1ccccc1C)C(=O)Nc1cc(S(=O)(=O)NC(C)C)ccc1OC.